The van der Waals surface area contributed by atoms with Gasteiger partial charge < -0.3 is 19.9 Å². The van der Waals surface area contributed by atoms with Crippen molar-refractivity contribution in [1.29, 1.82) is 0 Å². The molecule has 1 amide bonds. The summed E-state index contributed by atoms with van der Waals surface area (Å²) in [6.07, 6.45) is -0.772. The second-order valence-electron chi connectivity index (χ2n) is 4.76. The van der Waals surface area contributed by atoms with E-state index in [9.17, 15) is 9.90 Å². The first-order valence-corrected chi connectivity index (χ1v) is 5.04. The molecular formula is C10H19NO4. The van der Waals surface area contributed by atoms with Gasteiger partial charge in [0.25, 0.3) is 0 Å². The van der Waals surface area contributed by atoms with Gasteiger partial charge in [0.05, 0.1) is 12.1 Å². The van der Waals surface area contributed by atoms with Crippen LogP contribution in [0.4, 0.5) is 4.79 Å². The van der Waals surface area contributed by atoms with Gasteiger partial charge in [-0.2, -0.15) is 0 Å². The molecule has 15 heavy (non-hydrogen) atoms. The Labute approximate surface area is 89.8 Å². The predicted octanol–water partition coefficient (Wildman–Crippen LogP) is 0.659. The summed E-state index contributed by atoms with van der Waals surface area (Å²) in [5.41, 5.74) is -0.505. The highest BCUT2D eigenvalue weighted by molar-refractivity contribution is 5.68. The minimum absolute atomic E-state index is 0.153. The highest BCUT2D eigenvalue weighted by Gasteiger charge is 2.41. The molecule has 0 bridgehead atoms. The summed E-state index contributed by atoms with van der Waals surface area (Å²) in [7, 11) is 1.51. The van der Waals surface area contributed by atoms with E-state index < -0.39 is 17.8 Å². The molecule has 1 aliphatic rings. The molecule has 2 N–H and O–H groups in total. The van der Waals surface area contributed by atoms with Crippen molar-refractivity contribution < 1.29 is 19.4 Å². The zero-order valence-corrected chi connectivity index (χ0v) is 9.61. The number of hydrogen-bond donors (Lipinski definition) is 2. The molecule has 0 spiro atoms. The second-order valence-corrected chi connectivity index (χ2v) is 4.76. The monoisotopic (exact) mass is 217 g/mol. The highest BCUT2D eigenvalue weighted by atomic mass is 16.6. The SMILES string of the molecule is CO[C@H]1C(NC(=O)OC(C)(C)C)C[C@@H]1O. The van der Waals surface area contributed by atoms with Gasteiger partial charge in [-0.05, 0) is 27.2 Å². The number of nitrogens with one attached hydrogen (secondary N) is 1. The maximum atomic E-state index is 11.4. The Morgan fingerprint density at radius 1 is 1.47 bits per heavy atom. The number of aliphatic hydroxyl groups is 1. The number of hydrogen-bond acceptors (Lipinski definition) is 4. The van der Waals surface area contributed by atoms with Crippen LogP contribution in [0, 0.1) is 0 Å². The zero-order valence-electron chi connectivity index (χ0n) is 9.61. The van der Waals surface area contributed by atoms with Gasteiger partial charge in [-0.25, -0.2) is 4.79 Å². The van der Waals surface area contributed by atoms with Crippen LogP contribution in [0.15, 0.2) is 0 Å². The minimum Gasteiger partial charge on any atom is -0.444 e. The van der Waals surface area contributed by atoms with E-state index in [4.69, 9.17) is 9.47 Å². The lowest BCUT2D eigenvalue weighted by Gasteiger charge is -2.40. The van der Waals surface area contributed by atoms with Crippen molar-refractivity contribution in [3.8, 4) is 0 Å². The number of alkyl carbamates (subject to hydrolysis) is 1. The zero-order chi connectivity index (χ0) is 11.6. The van der Waals surface area contributed by atoms with E-state index >= 15 is 0 Å². The first kappa shape index (κ1) is 12.3. The highest BCUT2D eigenvalue weighted by Crippen LogP contribution is 2.23. The molecule has 3 atom stereocenters. The summed E-state index contributed by atoms with van der Waals surface area (Å²) in [4.78, 5) is 11.4. The van der Waals surface area contributed by atoms with E-state index in [2.05, 4.69) is 5.32 Å². The average molecular weight is 217 g/mol. The van der Waals surface area contributed by atoms with Crippen LogP contribution in [0.1, 0.15) is 27.2 Å². The first-order chi connectivity index (χ1) is 6.83. The molecule has 0 saturated heterocycles. The van der Waals surface area contributed by atoms with E-state index in [1.807, 2.05) is 0 Å². The van der Waals surface area contributed by atoms with E-state index in [0.29, 0.717) is 6.42 Å². The largest absolute Gasteiger partial charge is 0.444 e. The number of carbonyl (C=O) groups excluding carboxylic acids is 1. The number of methoxy groups -OCH3 is 1. The summed E-state index contributed by atoms with van der Waals surface area (Å²) in [6.45, 7) is 5.40. The maximum Gasteiger partial charge on any atom is 0.407 e. The molecule has 0 heterocycles. The molecule has 0 aromatic rings. The second kappa shape index (κ2) is 4.37. The molecule has 1 fully saturated rings. The smallest absolute Gasteiger partial charge is 0.407 e. The average Bonchev–Trinajstić information content (AvgIpc) is 2.00. The van der Waals surface area contributed by atoms with E-state index in [1.54, 1.807) is 20.8 Å². The molecular weight excluding hydrogens is 198 g/mol. The normalized spacial score (nSPS) is 30.6. The van der Waals surface area contributed by atoms with Crippen LogP contribution in [0.5, 0.6) is 0 Å². The lowest BCUT2D eigenvalue weighted by molar-refractivity contribution is -0.101. The van der Waals surface area contributed by atoms with Crippen LogP contribution >= 0.6 is 0 Å². The molecule has 1 rings (SSSR count). The Hall–Kier alpha value is -0.810. The third kappa shape index (κ3) is 3.35. The molecule has 5 heteroatoms. The lowest BCUT2D eigenvalue weighted by Crippen LogP contribution is -2.60. The quantitative estimate of drug-likeness (QED) is 0.713. The molecule has 0 aliphatic heterocycles. The number of aliphatic hydroxyl groups excluding tert-OH is 1. The minimum atomic E-state index is -0.505. The lowest BCUT2D eigenvalue weighted by atomic mass is 9.85. The molecule has 5 nitrogen and oxygen atoms in total. The van der Waals surface area contributed by atoms with Crippen LogP contribution in [0.3, 0.4) is 0 Å². The van der Waals surface area contributed by atoms with Crippen LogP contribution in [-0.2, 0) is 9.47 Å². The molecule has 88 valence electrons. The molecule has 1 aliphatic carbocycles. The van der Waals surface area contributed by atoms with Crippen molar-refractivity contribution in [3.63, 3.8) is 0 Å². The van der Waals surface area contributed by atoms with Crippen LogP contribution in [0.2, 0.25) is 0 Å². The molecule has 0 radical (unpaired) electrons. The van der Waals surface area contributed by atoms with E-state index in [-0.39, 0.29) is 12.1 Å². The Bertz CT molecular complexity index is 236. The van der Waals surface area contributed by atoms with E-state index in [0.717, 1.165) is 0 Å². The summed E-state index contributed by atoms with van der Waals surface area (Å²) >= 11 is 0. The number of amides is 1. The Balaban J connectivity index is 2.34. The fraction of sp³-hybridized carbons (Fsp3) is 0.900. The third-order valence-electron chi connectivity index (χ3n) is 2.25. The summed E-state index contributed by atoms with van der Waals surface area (Å²) < 4.78 is 10.1. The molecule has 1 unspecified atom stereocenters. The maximum absolute atomic E-state index is 11.4. The fourth-order valence-electron chi connectivity index (χ4n) is 1.52. The van der Waals surface area contributed by atoms with Crippen molar-refractivity contribution in [2.45, 2.75) is 51.0 Å². The van der Waals surface area contributed by atoms with Gasteiger partial charge in [-0.1, -0.05) is 0 Å². The fourth-order valence-corrected chi connectivity index (χ4v) is 1.52. The summed E-state index contributed by atoms with van der Waals surface area (Å²) in [5.74, 6) is 0. The molecule has 0 aromatic heterocycles. The van der Waals surface area contributed by atoms with Crippen molar-refractivity contribution in [3.05, 3.63) is 0 Å². The van der Waals surface area contributed by atoms with Crippen LogP contribution < -0.4 is 5.32 Å². The number of ether oxygens (including phenoxy) is 2. The predicted molar refractivity (Wildman–Crippen MR) is 54.6 cm³/mol. The summed E-state index contributed by atoms with van der Waals surface area (Å²) in [6, 6.07) is -0.153. The summed E-state index contributed by atoms with van der Waals surface area (Å²) in [5, 5.41) is 12.0. The van der Waals surface area contributed by atoms with Crippen molar-refractivity contribution >= 4 is 6.09 Å². The van der Waals surface area contributed by atoms with Gasteiger partial charge in [-0.3, -0.25) is 0 Å². The van der Waals surface area contributed by atoms with Gasteiger partial charge in [0, 0.05) is 7.11 Å². The topological polar surface area (TPSA) is 67.8 Å². The van der Waals surface area contributed by atoms with E-state index in [1.165, 1.54) is 7.11 Å². The van der Waals surface area contributed by atoms with Crippen LogP contribution in [-0.4, -0.2) is 42.2 Å². The third-order valence-corrected chi connectivity index (χ3v) is 2.25. The van der Waals surface area contributed by atoms with Crippen molar-refractivity contribution in [2.75, 3.05) is 7.11 Å². The van der Waals surface area contributed by atoms with Gasteiger partial charge in [0.2, 0.25) is 0 Å². The van der Waals surface area contributed by atoms with Gasteiger partial charge in [0.15, 0.2) is 0 Å². The number of carbonyl (C=O) groups is 1. The molecule has 1 saturated carbocycles. The van der Waals surface area contributed by atoms with Crippen molar-refractivity contribution in [1.82, 2.24) is 5.32 Å². The van der Waals surface area contributed by atoms with Gasteiger partial charge in [-0.15, -0.1) is 0 Å². The van der Waals surface area contributed by atoms with Gasteiger partial charge in [0.1, 0.15) is 11.7 Å². The Morgan fingerprint density at radius 2 is 2.07 bits per heavy atom. The Morgan fingerprint density at radius 3 is 2.47 bits per heavy atom. The van der Waals surface area contributed by atoms with Crippen LogP contribution in [0.25, 0.3) is 0 Å². The first-order valence-electron chi connectivity index (χ1n) is 5.04. The Kier molecular flexibility index (Phi) is 3.57. The van der Waals surface area contributed by atoms with Crippen molar-refractivity contribution in [2.24, 2.45) is 0 Å². The molecule has 0 aromatic carbocycles. The van der Waals surface area contributed by atoms with Gasteiger partial charge >= 0.3 is 6.09 Å². The number of rotatable bonds is 2. The standard InChI is InChI=1S/C10H19NO4/c1-10(2,3)15-9(13)11-6-5-7(12)8(6)14-4/h6-8,12H,5H2,1-4H3,(H,11,13)/t6?,7-,8-/m0/s1.